The molecule has 9 rings (SSSR count). The highest BCUT2D eigenvalue weighted by Gasteiger charge is 2.37. The summed E-state index contributed by atoms with van der Waals surface area (Å²) in [4.78, 5) is 20.3. The Morgan fingerprint density at radius 2 is 0.500 bits per heavy atom. The molecule has 2 aliphatic rings. The predicted octanol–water partition coefficient (Wildman–Crippen LogP) is 11.1. The molecule has 7 aromatic heterocycles. The van der Waals surface area contributed by atoms with Crippen molar-refractivity contribution in [2.45, 2.75) is 107 Å². The van der Waals surface area contributed by atoms with Crippen molar-refractivity contribution < 1.29 is 18.3 Å². The van der Waals surface area contributed by atoms with E-state index in [1.807, 2.05) is 0 Å². The number of nitrogens with zero attached hydrogens (tertiary/aromatic N) is 6. The van der Waals surface area contributed by atoms with Crippen LogP contribution in [0.5, 0.6) is 0 Å². The van der Waals surface area contributed by atoms with Gasteiger partial charge in [-0.3, -0.25) is 0 Å². The van der Waals surface area contributed by atoms with Gasteiger partial charge in [-0.25, -0.2) is 9.97 Å². The number of hydrogen-bond acceptors (Lipinski definition) is 2. The van der Waals surface area contributed by atoms with E-state index < -0.39 is 0 Å². The fraction of sp³-hybridized carbons (Fsp3) is 0.286. The molecule has 0 saturated heterocycles. The van der Waals surface area contributed by atoms with Gasteiger partial charge in [0.15, 0.2) is 49.6 Å². The van der Waals surface area contributed by atoms with Gasteiger partial charge in [0.05, 0.1) is 0 Å². The van der Waals surface area contributed by atoms with Crippen LogP contribution in [0.3, 0.4) is 0 Å². The molecule has 8 nitrogen and oxygen atoms in total. The first-order valence-electron chi connectivity index (χ1n) is 23.7. The van der Waals surface area contributed by atoms with Crippen molar-refractivity contribution in [3.05, 3.63) is 167 Å². The molecule has 8 bridgehead atoms. The number of hydrogen-bond donors (Lipinski definition) is 2. The monoisotopic (exact) mass is 847 g/mol. The zero-order chi connectivity index (χ0) is 44.5. The van der Waals surface area contributed by atoms with Crippen LogP contribution in [0, 0.1) is 0 Å². The molecule has 0 saturated carbocycles. The maximum Gasteiger partial charge on any atom is 0.260 e. The van der Waals surface area contributed by atoms with Crippen LogP contribution in [0.4, 0.5) is 0 Å². The Kier molecular flexibility index (Phi) is 12.0. The lowest BCUT2D eigenvalue weighted by Crippen LogP contribution is -2.32. The number of nitrogens with one attached hydrogen (secondary N) is 2. The van der Waals surface area contributed by atoms with Crippen LogP contribution in [0.1, 0.15) is 126 Å². The van der Waals surface area contributed by atoms with Gasteiger partial charge in [-0.05, 0) is 95.9 Å². The molecular weight excluding hydrogens is 785 g/mol. The zero-order valence-corrected chi connectivity index (χ0v) is 38.9. The number of fused-ring (bicyclic) bond motifs is 8. The molecule has 322 valence electrons. The largest absolute Gasteiger partial charge is 0.344 e. The van der Waals surface area contributed by atoms with Crippen molar-refractivity contribution in [3.8, 4) is 22.7 Å². The van der Waals surface area contributed by atoms with E-state index in [0.717, 1.165) is 119 Å². The topological polar surface area (TPSA) is 72.9 Å². The molecule has 8 heteroatoms. The number of aryl methyl sites for hydroxylation is 4. The van der Waals surface area contributed by atoms with Crippen LogP contribution < -0.4 is 18.3 Å². The van der Waals surface area contributed by atoms with Gasteiger partial charge in [-0.15, -0.1) is 0 Å². The van der Waals surface area contributed by atoms with Crippen molar-refractivity contribution in [2.24, 2.45) is 0 Å². The fourth-order valence-corrected chi connectivity index (χ4v) is 10.6. The van der Waals surface area contributed by atoms with E-state index in [0.29, 0.717) is 0 Å². The van der Waals surface area contributed by atoms with E-state index in [-0.39, 0.29) is 0 Å². The van der Waals surface area contributed by atoms with Crippen molar-refractivity contribution in [1.82, 2.24) is 19.9 Å². The van der Waals surface area contributed by atoms with Gasteiger partial charge in [0.2, 0.25) is 0 Å². The summed E-state index contributed by atoms with van der Waals surface area (Å²) in [7, 11) is 0. The molecule has 0 unspecified atom stereocenters. The Hall–Kier alpha value is -6.80. The van der Waals surface area contributed by atoms with Crippen LogP contribution in [-0.4, -0.2) is 19.9 Å². The van der Waals surface area contributed by atoms with Gasteiger partial charge in [0.1, 0.15) is 44.8 Å². The van der Waals surface area contributed by atoms with Crippen LogP contribution in [-0.2, 0) is 25.7 Å². The first-order chi connectivity index (χ1) is 31.5. The van der Waals surface area contributed by atoms with Crippen LogP contribution in [0.15, 0.2) is 122 Å². The van der Waals surface area contributed by atoms with E-state index in [2.05, 4.69) is 206 Å². The number of aromatic nitrogens is 8. The highest BCUT2D eigenvalue weighted by molar-refractivity contribution is 6.02. The number of pyridine rings is 4. The Morgan fingerprint density at radius 3 is 0.672 bits per heavy atom. The van der Waals surface area contributed by atoms with Crippen LogP contribution in [0.2, 0.25) is 0 Å². The van der Waals surface area contributed by atoms with Gasteiger partial charge < -0.3 is 9.97 Å². The van der Waals surface area contributed by atoms with E-state index in [1.54, 1.807) is 0 Å². The second kappa shape index (κ2) is 18.1. The normalized spacial score (nSPS) is 12.8. The van der Waals surface area contributed by atoms with Gasteiger partial charge in [0.25, 0.3) is 22.7 Å². The number of aromatic amines is 2. The minimum atomic E-state index is 0.834. The molecule has 0 atom stereocenters. The van der Waals surface area contributed by atoms with Crippen molar-refractivity contribution in [2.75, 3.05) is 0 Å². The summed E-state index contributed by atoms with van der Waals surface area (Å²) in [5, 5.41) is 0. The minimum Gasteiger partial charge on any atom is -0.344 e. The first kappa shape index (κ1) is 42.5. The molecule has 2 N–H and O–H groups in total. The van der Waals surface area contributed by atoms with Crippen molar-refractivity contribution >= 4 is 44.4 Å². The summed E-state index contributed by atoms with van der Waals surface area (Å²) in [6, 6.07) is 25.4. The third-order valence-corrected chi connectivity index (χ3v) is 13.3. The molecular formula is C56H62N8+4. The van der Waals surface area contributed by atoms with Gasteiger partial charge >= 0.3 is 0 Å². The average Bonchev–Trinajstić information content (AvgIpc) is 4.10. The van der Waals surface area contributed by atoms with Gasteiger partial charge in [0, 0.05) is 48.5 Å². The van der Waals surface area contributed by atoms with E-state index >= 15 is 0 Å². The molecule has 0 fully saturated rings. The smallest absolute Gasteiger partial charge is 0.260 e. The zero-order valence-electron chi connectivity index (χ0n) is 38.9. The molecule has 0 amide bonds. The van der Waals surface area contributed by atoms with Crippen LogP contribution >= 0.6 is 0 Å². The Balaban J connectivity index is 1.70. The lowest BCUT2D eigenvalue weighted by Gasteiger charge is -2.07. The third-order valence-electron chi connectivity index (χ3n) is 13.3. The Morgan fingerprint density at radius 1 is 0.297 bits per heavy atom. The minimum absolute atomic E-state index is 0.834. The first-order valence-corrected chi connectivity index (χ1v) is 23.7. The van der Waals surface area contributed by atoms with Gasteiger partial charge in [-0.2, -0.15) is 18.3 Å². The average molecular weight is 847 g/mol. The summed E-state index contributed by atoms with van der Waals surface area (Å²) >= 11 is 0. The lowest BCUT2D eigenvalue weighted by atomic mass is 9.96. The van der Waals surface area contributed by atoms with E-state index in [1.165, 1.54) is 44.5 Å². The molecule has 7 aromatic rings. The third kappa shape index (κ3) is 6.91. The summed E-state index contributed by atoms with van der Waals surface area (Å²) in [5.74, 6) is 0. The maximum atomic E-state index is 5.95. The Bertz CT molecular complexity index is 2690. The molecule has 64 heavy (non-hydrogen) atoms. The highest BCUT2D eigenvalue weighted by atomic mass is 15.0. The SMILES string of the molecule is CCC1=C(CC)c2nc1c(-[n+]1ccccc1)c1[nH]c(c(CC)c1CC)c(-[n+]1ccccc1)c1nc(c(-[n+]3ccccc3)c3[nH]c(c(CC)c3CC)c2-[n+]2ccccc2)C(CC)=C1CC. The second-order valence-electron chi connectivity index (χ2n) is 16.6. The molecule has 0 radical (unpaired) electrons. The highest BCUT2D eigenvalue weighted by Crippen LogP contribution is 2.44. The second-order valence-corrected chi connectivity index (χ2v) is 16.6. The summed E-state index contributed by atoms with van der Waals surface area (Å²) in [6.45, 7) is 18.3. The molecule has 0 aromatic carbocycles. The quantitative estimate of drug-likeness (QED) is 0.120. The van der Waals surface area contributed by atoms with Crippen molar-refractivity contribution in [1.29, 1.82) is 0 Å². The number of rotatable bonds is 12. The van der Waals surface area contributed by atoms with Crippen molar-refractivity contribution in [3.63, 3.8) is 0 Å². The predicted molar refractivity (Wildman–Crippen MR) is 259 cm³/mol. The molecule has 2 aliphatic heterocycles. The molecule has 9 heterocycles. The van der Waals surface area contributed by atoms with E-state index in [4.69, 9.17) is 9.97 Å². The Labute approximate surface area is 378 Å². The summed E-state index contributed by atoms with van der Waals surface area (Å²) in [5.41, 5.74) is 23.0. The number of allylic oxidation sites excluding steroid dienone is 4. The van der Waals surface area contributed by atoms with Crippen LogP contribution in [0.25, 0.3) is 67.1 Å². The molecule has 0 aliphatic carbocycles. The fourth-order valence-electron chi connectivity index (χ4n) is 10.6. The lowest BCUT2D eigenvalue weighted by molar-refractivity contribution is -0.595. The summed E-state index contributed by atoms with van der Waals surface area (Å²) < 4.78 is 9.15. The van der Waals surface area contributed by atoms with Gasteiger partial charge in [-0.1, -0.05) is 79.7 Å². The standard InChI is InChI=1S/C56H62N8/c1-9-37-38(10-2)46-54(62-31-23-18-24-32-62)48-41(13-5)42(14-6)50(59-48)56(64-35-27-20-28-36-64)52-44(16-8)43(15-7)51(60-52)55(63-33-25-19-26-34-63)49-40(12-4)39(11-3)47(58-49)53(45(37)57-46)61-29-21-17-22-30-61/h17-36,57,60H,9-16H2,1-8H3/q+4. The number of H-pyrrole nitrogens is 2. The van der Waals surface area contributed by atoms with E-state index in [9.17, 15) is 0 Å². The maximum absolute atomic E-state index is 5.95. The summed E-state index contributed by atoms with van der Waals surface area (Å²) in [6.07, 6.45) is 24.2. The molecule has 0 spiro atoms.